The number of para-hydroxylation sites is 2. The number of hydrogen-bond donors (Lipinski definition) is 0. The predicted molar refractivity (Wildman–Crippen MR) is 59.1 cm³/mol. The molecule has 1 aliphatic heterocycles. The molecule has 0 unspecified atom stereocenters. The number of benzene rings is 1. The van der Waals surface area contributed by atoms with Crippen molar-refractivity contribution in [3.8, 4) is 0 Å². The number of aliphatic imine (C=N–C) groups is 1. The molecule has 0 fully saturated rings. The fourth-order valence-electron chi connectivity index (χ4n) is 1.81. The molecule has 5 heteroatoms. The lowest BCUT2D eigenvalue weighted by atomic mass is 10.3. The summed E-state index contributed by atoms with van der Waals surface area (Å²) in [7, 11) is 1.50. The molecule has 2 heterocycles. The Bertz CT molecular complexity index is 613. The van der Waals surface area contributed by atoms with Crippen molar-refractivity contribution in [3.63, 3.8) is 0 Å². The zero-order valence-corrected chi connectivity index (χ0v) is 8.67. The van der Waals surface area contributed by atoms with Crippen LogP contribution in [0.3, 0.4) is 0 Å². The van der Waals surface area contributed by atoms with Crippen LogP contribution in [0.15, 0.2) is 29.3 Å². The molecule has 0 radical (unpaired) electrons. The average Bonchev–Trinajstić information content (AvgIpc) is 2.67. The van der Waals surface area contributed by atoms with Crippen molar-refractivity contribution in [1.82, 2.24) is 9.55 Å². The molecule has 3 rings (SSSR count). The van der Waals surface area contributed by atoms with Gasteiger partial charge in [0.15, 0.2) is 0 Å². The number of hydrogen-bond acceptors (Lipinski definition) is 4. The number of imidazole rings is 1. The molecule has 1 aromatic heterocycles. The van der Waals surface area contributed by atoms with Crippen LogP contribution in [0.4, 0.5) is 5.95 Å². The van der Waals surface area contributed by atoms with E-state index in [2.05, 4.69) is 9.98 Å². The highest BCUT2D eigenvalue weighted by atomic mass is 16.5. The van der Waals surface area contributed by atoms with Crippen molar-refractivity contribution in [2.45, 2.75) is 6.42 Å². The topological polar surface area (TPSA) is 56.5 Å². The third-order valence-electron chi connectivity index (χ3n) is 2.56. The monoisotopic (exact) mass is 215 g/mol. The van der Waals surface area contributed by atoms with Gasteiger partial charge >= 0.3 is 0 Å². The maximum absolute atomic E-state index is 11.9. The fourth-order valence-corrected chi connectivity index (χ4v) is 1.81. The van der Waals surface area contributed by atoms with E-state index in [4.69, 9.17) is 4.74 Å². The standard InChI is InChI=1S/C11H9N3O2/c1-16-9-6-10(15)14-8-5-3-2-4-7(8)12-11(14)13-9/h2-5H,6H2,1H3. The Kier molecular flexibility index (Phi) is 1.80. The van der Waals surface area contributed by atoms with E-state index in [0.717, 1.165) is 11.0 Å². The van der Waals surface area contributed by atoms with Crippen LogP contribution in [0.2, 0.25) is 0 Å². The molecule has 80 valence electrons. The molecule has 0 spiro atoms. The van der Waals surface area contributed by atoms with Gasteiger partial charge < -0.3 is 4.74 Å². The lowest BCUT2D eigenvalue weighted by Crippen LogP contribution is -2.20. The smallest absolute Gasteiger partial charge is 0.243 e. The fraction of sp³-hybridized carbons (Fsp3) is 0.182. The summed E-state index contributed by atoms with van der Waals surface area (Å²) in [5.74, 6) is 0.748. The van der Waals surface area contributed by atoms with Crippen LogP contribution in [0.1, 0.15) is 11.2 Å². The minimum Gasteiger partial charge on any atom is -0.484 e. The number of carbonyl (C=O) groups is 1. The molecule has 0 bridgehead atoms. The Morgan fingerprint density at radius 1 is 1.38 bits per heavy atom. The van der Waals surface area contributed by atoms with Crippen molar-refractivity contribution >= 4 is 28.8 Å². The van der Waals surface area contributed by atoms with Crippen LogP contribution in [-0.2, 0) is 4.74 Å². The summed E-state index contributed by atoms with van der Waals surface area (Å²) in [5, 5.41) is 0. The summed E-state index contributed by atoms with van der Waals surface area (Å²) in [6, 6.07) is 7.47. The first-order chi connectivity index (χ1) is 7.79. The van der Waals surface area contributed by atoms with E-state index < -0.39 is 0 Å². The molecule has 0 saturated carbocycles. The van der Waals surface area contributed by atoms with E-state index >= 15 is 0 Å². The van der Waals surface area contributed by atoms with Crippen molar-refractivity contribution < 1.29 is 9.53 Å². The number of carbonyl (C=O) groups excluding carboxylic acids is 1. The van der Waals surface area contributed by atoms with Crippen molar-refractivity contribution in [3.05, 3.63) is 24.3 Å². The molecule has 1 aliphatic rings. The van der Waals surface area contributed by atoms with Crippen LogP contribution < -0.4 is 0 Å². The van der Waals surface area contributed by atoms with E-state index in [0.29, 0.717) is 11.8 Å². The first-order valence-electron chi connectivity index (χ1n) is 4.92. The number of fused-ring (bicyclic) bond motifs is 3. The predicted octanol–water partition coefficient (Wildman–Crippen LogP) is 1.76. The molecule has 0 amide bonds. The first kappa shape index (κ1) is 9.08. The maximum atomic E-state index is 11.9. The summed E-state index contributed by atoms with van der Waals surface area (Å²) >= 11 is 0. The Hall–Kier alpha value is -2.17. The van der Waals surface area contributed by atoms with Gasteiger partial charge in [0.05, 0.1) is 18.1 Å². The zero-order valence-electron chi connectivity index (χ0n) is 8.67. The van der Waals surface area contributed by atoms with E-state index in [1.54, 1.807) is 0 Å². The highest BCUT2D eigenvalue weighted by Crippen LogP contribution is 2.25. The summed E-state index contributed by atoms with van der Waals surface area (Å²) in [5.41, 5.74) is 1.56. The third-order valence-corrected chi connectivity index (χ3v) is 2.56. The Morgan fingerprint density at radius 2 is 2.19 bits per heavy atom. The van der Waals surface area contributed by atoms with E-state index in [9.17, 15) is 4.79 Å². The van der Waals surface area contributed by atoms with Gasteiger partial charge in [-0.25, -0.2) is 9.55 Å². The van der Waals surface area contributed by atoms with Crippen LogP contribution in [0, 0.1) is 0 Å². The van der Waals surface area contributed by atoms with Crippen molar-refractivity contribution in [1.29, 1.82) is 0 Å². The van der Waals surface area contributed by atoms with Gasteiger partial charge in [0.2, 0.25) is 17.8 Å². The molecule has 0 saturated heterocycles. The molecular formula is C11H9N3O2. The van der Waals surface area contributed by atoms with E-state index in [-0.39, 0.29) is 12.3 Å². The minimum absolute atomic E-state index is 0.0597. The summed E-state index contributed by atoms with van der Waals surface area (Å²) in [4.78, 5) is 20.3. The van der Waals surface area contributed by atoms with Gasteiger partial charge in [-0.2, -0.15) is 4.99 Å². The highest BCUT2D eigenvalue weighted by molar-refractivity contribution is 6.06. The number of methoxy groups -OCH3 is 1. The second-order valence-electron chi connectivity index (χ2n) is 3.52. The van der Waals surface area contributed by atoms with Crippen LogP contribution in [-0.4, -0.2) is 28.5 Å². The van der Waals surface area contributed by atoms with Gasteiger partial charge in [0, 0.05) is 0 Å². The Balaban J connectivity index is 2.32. The van der Waals surface area contributed by atoms with Gasteiger partial charge in [-0.15, -0.1) is 0 Å². The van der Waals surface area contributed by atoms with Gasteiger partial charge in [0.1, 0.15) is 6.42 Å². The van der Waals surface area contributed by atoms with Crippen molar-refractivity contribution in [2.24, 2.45) is 4.99 Å². The summed E-state index contributed by atoms with van der Waals surface area (Å²) in [6.45, 7) is 0. The second-order valence-corrected chi connectivity index (χ2v) is 3.52. The summed E-state index contributed by atoms with van der Waals surface area (Å²) < 4.78 is 6.52. The van der Waals surface area contributed by atoms with Crippen molar-refractivity contribution in [2.75, 3.05) is 7.11 Å². The molecule has 16 heavy (non-hydrogen) atoms. The minimum atomic E-state index is -0.0597. The third kappa shape index (κ3) is 1.14. The van der Waals surface area contributed by atoms with E-state index in [1.165, 1.54) is 11.7 Å². The summed E-state index contributed by atoms with van der Waals surface area (Å²) in [6.07, 6.45) is 0.184. The first-order valence-corrected chi connectivity index (χ1v) is 4.92. The number of nitrogens with zero attached hydrogens (tertiary/aromatic N) is 3. The van der Waals surface area contributed by atoms with Gasteiger partial charge in [-0.3, -0.25) is 4.79 Å². The second kappa shape index (κ2) is 3.16. The van der Waals surface area contributed by atoms with Crippen LogP contribution in [0.25, 0.3) is 11.0 Å². The SMILES string of the molecule is COC1=Nc2nc3ccccc3n2C(=O)C1. The van der Waals surface area contributed by atoms with Crippen LogP contribution >= 0.6 is 0 Å². The van der Waals surface area contributed by atoms with Crippen LogP contribution in [0.5, 0.6) is 0 Å². The number of rotatable bonds is 0. The number of aromatic nitrogens is 2. The normalized spacial score (nSPS) is 14.8. The zero-order chi connectivity index (χ0) is 11.1. The number of ether oxygens (including phenoxy) is 1. The Morgan fingerprint density at radius 3 is 3.00 bits per heavy atom. The molecule has 0 N–H and O–H groups in total. The maximum Gasteiger partial charge on any atom is 0.243 e. The largest absolute Gasteiger partial charge is 0.484 e. The highest BCUT2D eigenvalue weighted by Gasteiger charge is 2.23. The molecular weight excluding hydrogens is 206 g/mol. The molecule has 2 aromatic rings. The quantitative estimate of drug-likeness (QED) is 0.672. The average molecular weight is 215 g/mol. The lowest BCUT2D eigenvalue weighted by molar-refractivity contribution is 0.0919. The van der Waals surface area contributed by atoms with E-state index in [1.807, 2.05) is 24.3 Å². The Labute approximate surface area is 91.4 Å². The molecule has 1 aromatic carbocycles. The molecule has 0 atom stereocenters. The lowest BCUT2D eigenvalue weighted by Gasteiger charge is -2.11. The molecule has 0 aliphatic carbocycles. The van der Waals surface area contributed by atoms with Gasteiger partial charge in [-0.05, 0) is 12.1 Å². The van der Waals surface area contributed by atoms with Gasteiger partial charge in [-0.1, -0.05) is 12.1 Å². The molecule has 5 nitrogen and oxygen atoms in total. The van der Waals surface area contributed by atoms with Gasteiger partial charge in [0.25, 0.3) is 0 Å².